The lowest BCUT2D eigenvalue weighted by atomic mass is 9.91. The third-order valence-corrected chi connectivity index (χ3v) is 4.73. The van der Waals surface area contributed by atoms with Gasteiger partial charge in [0.25, 0.3) is 0 Å². The van der Waals surface area contributed by atoms with Gasteiger partial charge in [-0.05, 0) is 44.1 Å². The number of esters is 1. The van der Waals surface area contributed by atoms with E-state index in [4.69, 9.17) is 4.74 Å². The van der Waals surface area contributed by atoms with Crippen molar-refractivity contribution < 1.29 is 9.53 Å². The molecule has 2 nitrogen and oxygen atoms in total. The van der Waals surface area contributed by atoms with Crippen molar-refractivity contribution in [1.82, 2.24) is 0 Å². The van der Waals surface area contributed by atoms with Crippen molar-refractivity contribution in [1.29, 1.82) is 0 Å². The predicted molar refractivity (Wildman–Crippen MR) is 75.5 cm³/mol. The number of ether oxygens (including phenoxy) is 1. The van der Waals surface area contributed by atoms with E-state index < -0.39 is 5.60 Å². The van der Waals surface area contributed by atoms with Crippen molar-refractivity contribution in [3.63, 3.8) is 0 Å². The van der Waals surface area contributed by atoms with Crippen LogP contribution in [0, 0.1) is 0 Å². The first-order valence-electron chi connectivity index (χ1n) is 6.47. The fourth-order valence-corrected chi connectivity index (χ4v) is 4.13. The molecule has 0 amide bonds. The Labute approximate surface area is 113 Å². The predicted octanol–water partition coefficient (Wildman–Crippen LogP) is 4.49. The van der Waals surface area contributed by atoms with Crippen LogP contribution in [-0.2, 0) is 10.2 Å². The fourth-order valence-electron chi connectivity index (χ4n) is 2.83. The van der Waals surface area contributed by atoms with Gasteiger partial charge in [-0.3, -0.25) is 0 Å². The second-order valence-electron chi connectivity index (χ2n) is 6.88. The molecule has 1 unspecified atom stereocenters. The van der Waals surface area contributed by atoms with Crippen molar-refractivity contribution in [3.8, 4) is 0 Å². The maximum atomic E-state index is 12.2. The molecule has 0 aliphatic heterocycles. The average molecular weight is 266 g/mol. The molecule has 18 heavy (non-hydrogen) atoms. The van der Waals surface area contributed by atoms with Gasteiger partial charge in [0.15, 0.2) is 0 Å². The summed E-state index contributed by atoms with van der Waals surface area (Å²) in [7, 11) is 0. The van der Waals surface area contributed by atoms with Crippen LogP contribution in [0.2, 0.25) is 0 Å². The second-order valence-corrected chi connectivity index (χ2v) is 7.76. The van der Waals surface area contributed by atoms with Crippen LogP contribution in [0.15, 0.2) is 5.38 Å². The minimum atomic E-state index is -0.427. The molecule has 1 aromatic heterocycles. The van der Waals surface area contributed by atoms with E-state index in [-0.39, 0.29) is 11.4 Å². The SMILES string of the molecule is CC1CC(C)(C)c2scc(C(=O)OC(C)(C)C)c21. The van der Waals surface area contributed by atoms with Crippen LogP contribution in [0.3, 0.4) is 0 Å². The Balaban J connectivity index is 2.36. The van der Waals surface area contributed by atoms with E-state index >= 15 is 0 Å². The van der Waals surface area contributed by atoms with Crippen molar-refractivity contribution in [2.45, 2.75) is 64.9 Å². The molecule has 0 fully saturated rings. The number of carbonyl (C=O) groups is 1. The van der Waals surface area contributed by atoms with Crippen LogP contribution in [0.5, 0.6) is 0 Å². The molecular formula is C15H22O2S. The quantitative estimate of drug-likeness (QED) is 0.700. The highest BCUT2D eigenvalue weighted by atomic mass is 32.1. The number of thiophene rings is 1. The van der Waals surface area contributed by atoms with Crippen molar-refractivity contribution in [2.24, 2.45) is 0 Å². The van der Waals surface area contributed by atoms with Gasteiger partial charge in [0.2, 0.25) is 0 Å². The van der Waals surface area contributed by atoms with Gasteiger partial charge in [0.05, 0.1) is 5.56 Å². The highest BCUT2D eigenvalue weighted by molar-refractivity contribution is 7.10. The normalized spacial score (nSPS) is 21.8. The Bertz CT molecular complexity index is 477. The first-order chi connectivity index (χ1) is 8.12. The topological polar surface area (TPSA) is 26.3 Å². The van der Waals surface area contributed by atoms with Gasteiger partial charge in [-0.25, -0.2) is 4.79 Å². The summed E-state index contributed by atoms with van der Waals surface area (Å²) < 4.78 is 5.49. The number of hydrogen-bond donors (Lipinski definition) is 0. The monoisotopic (exact) mass is 266 g/mol. The molecule has 0 aromatic carbocycles. The second kappa shape index (κ2) is 4.09. The van der Waals surface area contributed by atoms with E-state index in [0.29, 0.717) is 5.92 Å². The molecule has 3 heteroatoms. The van der Waals surface area contributed by atoms with E-state index in [2.05, 4.69) is 20.8 Å². The highest BCUT2D eigenvalue weighted by Crippen LogP contribution is 2.50. The summed E-state index contributed by atoms with van der Waals surface area (Å²) in [5, 5.41) is 1.97. The molecule has 0 radical (unpaired) electrons. The minimum absolute atomic E-state index is 0.176. The zero-order valence-electron chi connectivity index (χ0n) is 12.1. The maximum Gasteiger partial charge on any atom is 0.339 e. The Morgan fingerprint density at radius 1 is 1.44 bits per heavy atom. The standard InChI is InChI=1S/C15H22O2S/c1-9-7-15(5,6)12-11(9)10(8-18-12)13(16)17-14(2,3)4/h8-9H,7H2,1-6H3. The molecule has 1 heterocycles. The molecule has 0 saturated heterocycles. The molecule has 100 valence electrons. The zero-order chi connectivity index (χ0) is 13.7. The smallest absolute Gasteiger partial charge is 0.339 e. The first kappa shape index (κ1) is 13.6. The summed E-state index contributed by atoms with van der Waals surface area (Å²) in [5.74, 6) is 0.272. The lowest BCUT2D eigenvalue weighted by Crippen LogP contribution is -2.24. The summed E-state index contributed by atoms with van der Waals surface area (Å²) in [4.78, 5) is 13.6. The summed E-state index contributed by atoms with van der Waals surface area (Å²) >= 11 is 1.70. The molecule has 0 spiro atoms. The largest absolute Gasteiger partial charge is 0.456 e. The molecule has 2 rings (SSSR count). The number of hydrogen-bond acceptors (Lipinski definition) is 3. The Morgan fingerprint density at radius 3 is 2.61 bits per heavy atom. The lowest BCUT2D eigenvalue weighted by molar-refractivity contribution is 0.00686. The van der Waals surface area contributed by atoms with Crippen LogP contribution in [0.1, 0.15) is 74.7 Å². The molecule has 0 saturated carbocycles. The Morgan fingerprint density at radius 2 is 2.06 bits per heavy atom. The van der Waals surface area contributed by atoms with Crippen molar-refractivity contribution in [3.05, 3.63) is 21.4 Å². The molecule has 1 aromatic rings. The van der Waals surface area contributed by atoms with E-state index in [1.807, 2.05) is 26.2 Å². The van der Waals surface area contributed by atoms with E-state index in [0.717, 1.165) is 12.0 Å². The third-order valence-electron chi connectivity index (χ3n) is 3.37. The summed E-state index contributed by atoms with van der Waals surface area (Å²) in [5.41, 5.74) is 1.77. The molecule has 0 N–H and O–H groups in total. The fraction of sp³-hybridized carbons (Fsp3) is 0.667. The lowest BCUT2D eigenvalue weighted by Gasteiger charge is -2.20. The molecule has 0 bridgehead atoms. The zero-order valence-corrected chi connectivity index (χ0v) is 12.9. The first-order valence-corrected chi connectivity index (χ1v) is 7.35. The van der Waals surface area contributed by atoms with Gasteiger partial charge in [-0.15, -0.1) is 11.3 Å². The number of carbonyl (C=O) groups excluding carboxylic acids is 1. The minimum Gasteiger partial charge on any atom is -0.456 e. The summed E-state index contributed by atoms with van der Waals surface area (Å²) in [6.07, 6.45) is 1.12. The van der Waals surface area contributed by atoms with Gasteiger partial charge >= 0.3 is 5.97 Å². The van der Waals surface area contributed by atoms with Crippen LogP contribution >= 0.6 is 11.3 Å². The van der Waals surface area contributed by atoms with Crippen LogP contribution in [0.4, 0.5) is 0 Å². The van der Waals surface area contributed by atoms with Crippen LogP contribution in [0.25, 0.3) is 0 Å². The number of fused-ring (bicyclic) bond motifs is 1. The maximum absolute atomic E-state index is 12.2. The summed E-state index contributed by atoms with van der Waals surface area (Å²) in [6.45, 7) is 12.4. The summed E-state index contributed by atoms with van der Waals surface area (Å²) in [6, 6.07) is 0. The average Bonchev–Trinajstić information content (AvgIpc) is 2.65. The molecule has 1 atom stereocenters. The number of rotatable bonds is 1. The van der Waals surface area contributed by atoms with Gasteiger partial charge in [-0.1, -0.05) is 20.8 Å². The van der Waals surface area contributed by atoms with Crippen molar-refractivity contribution in [2.75, 3.05) is 0 Å². The van der Waals surface area contributed by atoms with E-state index in [1.165, 1.54) is 10.4 Å². The molecular weight excluding hydrogens is 244 g/mol. The Hall–Kier alpha value is -0.830. The third kappa shape index (κ3) is 2.33. The van der Waals surface area contributed by atoms with Crippen LogP contribution < -0.4 is 0 Å². The molecule has 1 aliphatic rings. The highest BCUT2D eigenvalue weighted by Gasteiger charge is 2.39. The van der Waals surface area contributed by atoms with Crippen LogP contribution in [-0.4, -0.2) is 11.6 Å². The van der Waals surface area contributed by atoms with Gasteiger partial charge in [0.1, 0.15) is 5.60 Å². The van der Waals surface area contributed by atoms with E-state index in [1.54, 1.807) is 11.3 Å². The molecule has 1 aliphatic carbocycles. The van der Waals surface area contributed by atoms with Crippen molar-refractivity contribution >= 4 is 17.3 Å². The van der Waals surface area contributed by atoms with Gasteiger partial charge in [-0.2, -0.15) is 0 Å². The van der Waals surface area contributed by atoms with E-state index in [9.17, 15) is 4.79 Å². The van der Waals surface area contributed by atoms with Gasteiger partial charge in [0, 0.05) is 10.3 Å². The Kier molecular flexibility index (Phi) is 3.09. The van der Waals surface area contributed by atoms with Gasteiger partial charge < -0.3 is 4.74 Å².